The summed E-state index contributed by atoms with van der Waals surface area (Å²) in [5.41, 5.74) is 1.82. The van der Waals surface area contributed by atoms with E-state index in [0.717, 1.165) is 17.7 Å². The zero-order valence-electron chi connectivity index (χ0n) is 14.7. The highest BCUT2D eigenvalue weighted by Crippen LogP contribution is 2.26. The molecule has 2 N–H and O–H groups in total. The fraction of sp³-hybridized carbons (Fsp3) is 0.100. The fourth-order valence-electron chi connectivity index (χ4n) is 2.56. The van der Waals surface area contributed by atoms with E-state index >= 15 is 0 Å². The molecule has 2 amide bonds. The Morgan fingerprint density at radius 1 is 1.04 bits per heavy atom. The van der Waals surface area contributed by atoms with E-state index in [1.165, 1.54) is 31.8 Å². The van der Waals surface area contributed by atoms with Crippen LogP contribution in [0.4, 0.5) is 15.8 Å². The third kappa shape index (κ3) is 4.14. The average molecular weight is 368 g/mol. The second-order valence-electron chi connectivity index (χ2n) is 5.78. The lowest BCUT2D eigenvalue weighted by molar-refractivity contribution is 0.101. The van der Waals surface area contributed by atoms with Crippen LogP contribution in [-0.4, -0.2) is 18.9 Å². The summed E-state index contributed by atoms with van der Waals surface area (Å²) in [6.07, 6.45) is 2.63. The van der Waals surface area contributed by atoms with Crippen LogP contribution in [0.2, 0.25) is 0 Å². The summed E-state index contributed by atoms with van der Waals surface area (Å²) in [7, 11) is 1.54. The van der Waals surface area contributed by atoms with E-state index in [1.807, 2.05) is 0 Å². The number of anilines is 2. The summed E-state index contributed by atoms with van der Waals surface area (Å²) in [5.74, 6) is -0.998. The van der Waals surface area contributed by atoms with E-state index in [2.05, 4.69) is 10.6 Å². The average Bonchev–Trinajstić information content (AvgIpc) is 3.18. The van der Waals surface area contributed by atoms with Crippen molar-refractivity contribution in [2.24, 2.45) is 0 Å². The number of methoxy groups -OCH3 is 1. The van der Waals surface area contributed by atoms with Gasteiger partial charge in [0, 0.05) is 22.5 Å². The zero-order chi connectivity index (χ0) is 19.4. The molecule has 1 heterocycles. The maximum atomic E-state index is 13.9. The van der Waals surface area contributed by atoms with Crippen molar-refractivity contribution in [1.82, 2.24) is 0 Å². The molecule has 1 aromatic heterocycles. The SMILES string of the molecule is COc1cccc(NC(=O)c2cc(F)cc(NC(=O)c3ccoc3)c2)c1C. The van der Waals surface area contributed by atoms with Gasteiger partial charge in [0.25, 0.3) is 11.8 Å². The van der Waals surface area contributed by atoms with Crippen molar-refractivity contribution in [2.45, 2.75) is 6.92 Å². The molecule has 3 aromatic rings. The van der Waals surface area contributed by atoms with Crippen molar-refractivity contribution in [2.75, 3.05) is 17.7 Å². The van der Waals surface area contributed by atoms with Crippen LogP contribution < -0.4 is 15.4 Å². The number of ether oxygens (including phenoxy) is 1. The molecule has 0 bridgehead atoms. The number of hydrogen-bond donors (Lipinski definition) is 2. The Morgan fingerprint density at radius 3 is 2.52 bits per heavy atom. The van der Waals surface area contributed by atoms with Crippen LogP contribution in [0.5, 0.6) is 5.75 Å². The predicted octanol–water partition coefficient (Wildman–Crippen LogP) is 4.24. The quantitative estimate of drug-likeness (QED) is 0.706. The Balaban J connectivity index is 1.81. The Labute approximate surface area is 155 Å². The maximum absolute atomic E-state index is 13.9. The van der Waals surface area contributed by atoms with Gasteiger partial charge in [-0.1, -0.05) is 6.07 Å². The van der Waals surface area contributed by atoms with Crippen molar-refractivity contribution >= 4 is 23.2 Å². The molecule has 0 atom stereocenters. The van der Waals surface area contributed by atoms with Crippen LogP contribution >= 0.6 is 0 Å². The Bertz CT molecular complexity index is 984. The molecule has 0 aliphatic carbocycles. The molecular formula is C20H17FN2O4. The number of rotatable bonds is 5. The van der Waals surface area contributed by atoms with Crippen molar-refractivity contribution in [3.63, 3.8) is 0 Å². The number of furan rings is 1. The standard InChI is InChI=1S/C20H17FN2O4/c1-12-17(4-3-5-18(12)26-2)23-20(25)14-8-15(21)10-16(9-14)22-19(24)13-6-7-27-11-13/h3-11H,1-2H3,(H,22,24)(H,23,25). The van der Waals surface area contributed by atoms with Gasteiger partial charge in [-0.3, -0.25) is 9.59 Å². The highest BCUT2D eigenvalue weighted by Gasteiger charge is 2.14. The van der Waals surface area contributed by atoms with Gasteiger partial charge in [-0.25, -0.2) is 4.39 Å². The van der Waals surface area contributed by atoms with E-state index in [4.69, 9.17) is 9.15 Å². The first-order valence-corrected chi connectivity index (χ1v) is 8.07. The molecule has 27 heavy (non-hydrogen) atoms. The van der Waals surface area contributed by atoms with Crippen LogP contribution in [0.15, 0.2) is 59.4 Å². The largest absolute Gasteiger partial charge is 0.496 e. The van der Waals surface area contributed by atoms with E-state index in [-0.39, 0.29) is 16.8 Å². The first-order valence-electron chi connectivity index (χ1n) is 8.07. The molecule has 0 saturated carbocycles. The second-order valence-corrected chi connectivity index (χ2v) is 5.78. The molecule has 6 nitrogen and oxygen atoms in total. The molecule has 0 radical (unpaired) electrons. The molecule has 0 aliphatic heterocycles. The number of carbonyl (C=O) groups is 2. The van der Waals surface area contributed by atoms with E-state index in [9.17, 15) is 14.0 Å². The van der Waals surface area contributed by atoms with Crippen LogP contribution in [0.1, 0.15) is 26.3 Å². The Morgan fingerprint density at radius 2 is 1.81 bits per heavy atom. The number of amides is 2. The van der Waals surface area contributed by atoms with Crippen LogP contribution in [0, 0.1) is 12.7 Å². The van der Waals surface area contributed by atoms with E-state index in [1.54, 1.807) is 25.1 Å². The maximum Gasteiger partial charge on any atom is 0.258 e. The van der Waals surface area contributed by atoms with Gasteiger partial charge in [0.05, 0.1) is 18.9 Å². The lowest BCUT2D eigenvalue weighted by Gasteiger charge is -2.12. The molecular weight excluding hydrogens is 351 g/mol. The predicted molar refractivity (Wildman–Crippen MR) is 98.7 cm³/mol. The third-order valence-electron chi connectivity index (χ3n) is 3.95. The van der Waals surface area contributed by atoms with Crippen molar-refractivity contribution in [3.8, 4) is 5.75 Å². The summed E-state index contributed by atoms with van der Waals surface area (Å²) in [4.78, 5) is 24.6. The van der Waals surface area contributed by atoms with Gasteiger partial charge in [-0.2, -0.15) is 0 Å². The molecule has 7 heteroatoms. The first-order chi connectivity index (χ1) is 13.0. The molecule has 138 valence electrons. The summed E-state index contributed by atoms with van der Waals surface area (Å²) in [6.45, 7) is 1.80. The summed E-state index contributed by atoms with van der Waals surface area (Å²) >= 11 is 0. The van der Waals surface area contributed by atoms with E-state index < -0.39 is 17.6 Å². The Kier molecular flexibility index (Phi) is 5.21. The lowest BCUT2D eigenvalue weighted by Crippen LogP contribution is -2.15. The molecule has 0 unspecified atom stereocenters. The molecule has 0 saturated heterocycles. The zero-order valence-corrected chi connectivity index (χ0v) is 14.7. The van der Waals surface area contributed by atoms with Crippen molar-refractivity contribution < 1.29 is 23.1 Å². The van der Waals surface area contributed by atoms with E-state index in [0.29, 0.717) is 11.4 Å². The van der Waals surface area contributed by atoms with Crippen LogP contribution in [-0.2, 0) is 0 Å². The minimum Gasteiger partial charge on any atom is -0.496 e. The van der Waals surface area contributed by atoms with Gasteiger partial charge in [-0.15, -0.1) is 0 Å². The third-order valence-corrected chi connectivity index (χ3v) is 3.95. The number of benzene rings is 2. The molecule has 2 aromatic carbocycles. The smallest absolute Gasteiger partial charge is 0.258 e. The summed E-state index contributed by atoms with van der Waals surface area (Å²) < 4.78 is 24.0. The number of hydrogen-bond acceptors (Lipinski definition) is 4. The van der Waals surface area contributed by atoms with Crippen LogP contribution in [0.25, 0.3) is 0 Å². The number of nitrogens with one attached hydrogen (secondary N) is 2. The van der Waals surface area contributed by atoms with Gasteiger partial charge < -0.3 is 19.8 Å². The molecule has 0 aliphatic rings. The van der Waals surface area contributed by atoms with Gasteiger partial charge in [0.2, 0.25) is 0 Å². The van der Waals surface area contributed by atoms with Gasteiger partial charge in [0.1, 0.15) is 17.8 Å². The second kappa shape index (κ2) is 7.74. The highest BCUT2D eigenvalue weighted by molar-refractivity contribution is 6.07. The summed E-state index contributed by atoms with van der Waals surface area (Å²) in [6, 6.07) is 10.3. The Hall–Kier alpha value is -3.61. The summed E-state index contributed by atoms with van der Waals surface area (Å²) in [5, 5.41) is 5.26. The van der Waals surface area contributed by atoms with Gasteiger partial charge >= 0.3 is 0 Å². The van der Waals surface area contributed by atoms with Gasteiger partial charge in [0.15, 0.2) is 0 Å². The highest BCUT2D eigenvalue weighted by atomic mass is 19.1. The first kappa shape index (κ1) is 18.2. The fourth-order valence-corrected chi connectivity index (χ4v) is 2.56. The number of halogens is 1. The molecule has 3 rings (SSSR count). The minimum absolute atomic E-state index is 0.0692. The normalized spacial score (nSPS) is 10.3. The van der Waals surface area contributed by atoms with Crippen LogP contribution in [0.3, 0.4) is 0 Å². The van der Waals surface area contributed by atoms with Crippen molar-refractivity contribution in [3.05, 3.63) is 77.5 Å². The lowest BCUT2D eigenvalue weighted by atomic mass is 10.1. The molecule has 0 spiro atoms. The minimum atomic E-state index is -0.646. The van der Waals surface area contributed by atoms with Gasteiger partial charge in [-0.05, 0) is 43.3 Å². The number of carbonyl (C=O) groups excluding carboxylic acids is 2. The van der Waals surface area contributed by atoms with Crippen molar-refractivity contribution in [1.29, 1.82) is 0 Å². The monoisotopic (exact) mass is 368 g/mol. The topological polar surface area (TPSA) is 80.6 Å². The molecule has 0 fully saturated rings.